The second-order valence-electron chi connectivity index (χ2n) is 3.38. The molecule has 0 aliphatic rings. The van der Waals surface area contributed by atoms with Crippen molar-refractivity contribution in [1.82, 2.24) is 0 Å². The summed E-state index contributed by atoms with van der Waals surface area (Å²) in [6.45, 7) is 1.34. The lowest BCUT2D eigenvalue weighted by molar-refractivity contribution is 0.493. The summed E-state index contributed by atoms with van der Waals surface area (Å²) in [5.74, 6) is -1.59. The molecule has 2 nitrogen and oxygen atoms in total. The summed E-state index contributed by atoms with van der Waals surface area (Å²) in [5.41, 5.74) is -1.78. The van der Waals surface area contributed by atoms with Crippen molar-refractivity contribution in [2.45, 2.75) is 18.8 Å². The Morgan fingerprint density at radius 2 is 1.80 bits per heavy atom. The fraction of sp³-hybridized carbons (Fsp3) is 0.273. The van der Waals surface area contributed by atoms with Crippen LogP contribution in [0.15, 0.2) is 18.2 Å². The fourth-order valence-electron chi connectivity index (χ4n) is 1.37. The number of benzene rings is 1. The molecule has 0 aliphatic carbocycles. The summed E-state index contributed by atoms with van der Waals surface area (Å²) in [7, 11) is 0. The molecule has 1 rings (SSSR count). The van der Waals surface area contributed by atoms with E-state index in [4.69, 9.17) is 10.5 Å². The Bertz CT molecular complexity index is 436. The molecule has 0 saturated heterocycles. The van der Waals surface area contributed by atoms with Crippen molar-refractivity contribution in [2.75, 3.05) is 0 Å². The highest BCUT2D eigenvalue weighted by Gasteiger charge is 2.32. The summed E-state index contributed by atoms with van der Waals surface area (Å²) < 4.78 is 26.7. The van der Waals surface area contributed by atoms with E-state index in [0.717, 1.165) is 12.1 Å². The average Bonchev–Trinajstić information content (AvgIpc) is 2.18. The van der Waals surface area contributed by atoms with Gasteiger partial charge in [0.05, 0.1) is 24.0 Å². The van der Waals surface area contributed by atoms with E-state index in [9.17, 15) is 8.78 Å². The van der Waals surface area contributed by atoms with Gasteiger partial charge in [0, 0.05) is 5.56 Å². The molecule has 1 aromatic rings. The summed E-state index contributed by atoms with van der Waals surface area (Å²) in [6, 6.07) is 6.90. The molecule has 0 N–H and O–H groups in total. The normalized spacial score (nSPS) is 13.7. The summed E-state index contributed by atoms with van der Waals surface area (Å²) in [6.07, 6.45) is -0.249. The second-order valence-corrected chi connectivity index (χ2v) is 3.38. The van der Waals surface area contributed by atoms with Gasteiger partial charge in [0.15, 0.2) is 0 Å². The van der Waals surface area contributed by atoms with Crippen molar-refractivity contribution in [1.29, 1.82) is 10.5 Å². The van der Waals surface area contributed by atoms with Crippen LogP contribution in [0.5, 0.6) is 0 Å². The molecule has 0 bridgehead atoms. The quantitative estimate of drug-likeness (QED) is 0.746. The van der Waals surface area contributed by atoms with E-state index in [1.165, 1.54) is 13.0 Å². The van der Waals surface area contributed by atoms with Crippen LogP contribution < -0.4 is 0 Å². The van der Waals surface area contributed by atoms with Crippen LogP contribution in [0.3, 0.4) is 0 Å². The van der Waals surface area contributed by atoms with Crippen LogP contribution >= 0.6 is 0 Å². The molecule has 0 aliphatic heterocycles. The molecule has 0 spiro atoms. The van der Waals surface area contributed by atoms with E-state index in [0.29, 0.717) is 0 Å². The second kappa shape index (κ2) is 4.06. The Morgan fingerprint density at radius 3 is 2.20 bits per heavy atom. The SMILES string of the molecule is CC(C#N)(CC#N)c1c(F)cccc1F. The molecule has 1 atom stereocenters. The van der Waals surface area contributed by atoms with E-state index in [1.54, 1.807) is 12.1 Å². The zero-order valence-electron chi connectivity index (χ0n) is 8.09. The summed E-state index contributed by atoms with van der Waals surface area (Å²) in [5, 5.41) is 17.4. The maximum atomic E-state index is 13.4. The van der Waals surface area contributed by atoms with Crippen molar-refractivity contribution in [3.63, 3.8) is 0 Å². The lowest BCUT2D eigenvalue weighted by Crippen LogP contribution is -2.22. The van der Waals surface area contributed by atoms with Gasteiger partial charge < -0.3 is 0 Å². The summed E-state index contributed by atoms with van der Waals surface area (Å²) in [4.78, 5) is 0. The van der Waals surface area contributed by atoms with Gasteiger partial charge in [-0.2, -0.15) is 10.5 Å². The zero-order chi connectivity index (χ0) is 11.5. The smallest absolute Gasteiger partial charge is 0.130 e. The molecule has 0 saturated carbocycles. The van der Waals surface area contributed by atoms with Gasteiger partial charge in [0.1, 0.15) is 11.6 Å². The van der Waals surface area contributed by atoms with Crippen LogP contribution in [0.2, 0.25) is 0 Å². The third kappa shape index (κ3) is 1.94. The molecule has 1 unspecified atom stereocenters. The molecule has 0 radical (unpaired) electrons. The largest absolute Gasteiger partial charge is 0.207 e. The Morgan fingerprint density at radius 1 is 1.27 bits per heavy atom. The van der Waals surface area contributed by atoms with E-state index in [1.807, 2.05) is 0 Å². The number of nitriles is 2. The van der Waals surface area contributed by atoms with Gasteiger partial charge in [-0.1, -0.05) is 6.07 Å². The molecule has 4 heteroatoms. The highest BCUT2D eigenvalue weighted by molar-refractivity contribution is 5.35. The predicted molar refractivity (Wildman–Crippen MR) is 49.6 cm³/mol. The van der Waals surface area contributed by atoms with Crippen molar-refractivity contribution < 1.29 is 8.78 Å². The standard InChI is InChI=1S/C11H8F2N2/c1-11(7-15,5-6-14)10-8(12)3-2-4-9(10)13/h2-4H,5H2,1H3. The minimum Gasteiger partial charge on any atom is -0.207 e. The molecule has 76 valence electrons. The molecule has 1 aromatic carbocycles. The van der Waals surface area contributed by atoms with Crippen LogP contribution in [0.1, 0.15) is 18.9 Å². The molecule has 0 aromatic heterocycles. The van der Waals surface area contributed by atoms with Crippen molar-refractivity contribution in [2.24, 2.45) is 0 Å². The number of hydrogen-bond donors (Lipinski definition) is 0. The third-order valence-corrected chi connectivity index (χ3v) is 2.19. The molecule has 0 fully saturated rings. The average molecular weight is 206 g/mol. The monoisotopic (exact) mass is 206 g/mol. The maximum absolute atomic E-state index is 13.4. The van der Waals surface area contributed by atoms with E-state index in [-0.39, 0.29) is 12.0 Å². The first-order chi connectivity index (χ1) is 7.05. The fourth-order valence-corrected chi connectivity index (χ4v) is 1.37. The van der Waals surface area contributed by atoms with Crippen molar-refractivity contribution in [3.05, 3.63) is 35.4 Å². The van der Waals surface area contributed by atoms with E-state index < -0.39 is 17.0 Å². The van der Waals surface area contributed by atoms with Gasteiger partial charge in [0.2, 0.25) is 0 Å². The Labute approximate surface area is 86.4 Å². The molecular weight excluding hydrogens is 198 g/mol. The van der Waals surface area contributed by atoms with Gasteiger partial charge in [0.25, 0.3) is 0 Å². The maximum Gasteiger partial charge on any atom is 0.130 e. The Kier molecular flexibility index (Phi) is 3.01. The van der Waals surface area contributed by atoms with Crippen molar-refractivity contribution in [3.8, 4) is 12.1 Å². The van der Waals surface area contributed by atoms with Gasteiger partial charge in [-0.25, -0.2) is 8.78 Å². The highest BCUT2D eigenvalue weighted by atomic mass is 19.1. The minimum absolute atomic E-state index is 0.249. The first kappa shape index (κ1) is 11.1. The van der Waals surface area contributed by atoms with Crippen LogP contribution in [0.4, 0.5) is 8.78 Å². The molecule has 0 heterocycles. The Hall–Kier alpha value is -1.94. The van der Waals surface area contributed by atoms with Crippen LogP contribution in [0, 0.1) is 34.3 Å². The first-order valence-electron chi connectivity index (χ1n) is 4.28. The zero-order valence-corrected chi connectivity index (χ0v) is 8.09. The highest BCUT2D eigenvalue weighted by Crippen LogP contribution is 2.30. The number of rotatable bonds is 2. The van der Waals surface area contributed by atoms with Gasteiger partial charge in [-0.05, 0) is 19.1 Å². The summed E-state index contributed by atoms with van der Waals surface area (Å²) >= 11 is 0. The van der Waals surface area contributed by atoms with Gasteiger partial charge in [-0.3, -0.25) is 0 Å². The van der Waals surface area contributed by atoms with Crippen LogP contribution in [0.25, 0.3) is 0 Å². The van der Waals surface area contributed by atoms with Gasteiger partial charge in [-0.15, -0.1) is 0 Å². The van der Waals surface area contributed by atoms with Crippen LogP contribution in [-0.4, -0.2) is 0 Å². The van der Waals surface area contributed by atoms with Crippen LogP contribution in [-0.2, 0) is 5.41 Å². The first-order valence-corrected chi connectivity index (χ1v) is 4.28. The lowest BCUT2D eigenvalue weighted by Gasteiger charge is -2.19. The van der Waals surface area contributed by atoms with E-state index >= 15 is 0 Å². The van der Waals surface area contributed by atoms with E-state index in [2.05, 4.69) is 0 Å². The molecular formula is C11H8F2N2. The van der Waals surface area contributed by atoms with Gasteiger partial charge >= 0.3 is 0 Å². The lowest BCUT2D eigenvalue weighted by atomic mass is 9.81. The molecule has 0 amide bonds. The number of halogens is 2. The third-order valence-electron chi connectivity index (χ3n) is 2.19. The van der Waals surface area contributed by atoms with Crippen molar-refractivity contribution >= 4 is 0 Å². The molecule has 15 heavy (non-hydrogen) atoms. The Balaban J connectivity index is 3.38. The number of hydrogen-bond acceptors (Lipinski definition) is 2. The number of nitrogens with zero attached hydrogens (tertiary/aromatic N) is 2. The topological polar surface area (TPSA) is 47.6 Å². The predicted octanol–water partition coefficient (Wildman–Crippen LogP) is 2.66. The minimum atomic E-state index is -1.44.